The third-order valence-corrected chi connectivity index (χ3v) is 3.43. The van der Waals surface area contributed by atoms with E-state index in [4.69, 9.17) is 21.0 Å². The highest BCUT2D eigenvalue weighted by atomic mass is 32.1. The molecule has 0 spiro atoms. The van der Waals surface area contributed by atoms with E-state index >= 15 is 0 Å². The van der Waals surface area contributed by atoms with Crippen molar-refractivity contribution in [2.75, 3.05) is 12.8 Å². The molecule has 2 N–H and O–H groups in total. The van der Waals surface area contributed by atoms with Crippen molar-refractivity contribution in [1.82, 2.24) is 4.98 Å². The molecule has 0 amide bonds. The van der Waals surface area contributed by atoms with E-state index in [0.717, 1.165) is 22.6 Å². The molecular formula is C14H10N6OS. The van der Waals surface area contributed by atoms with E-state index < -0.39 is 0 Å². The van der Waals surface area contributed by atoms with Crippen molar-refractivity contribution >= 4 is 23.4 Å². The third-order valence-electron chi connectivity index (χ3n) is 2.57. The molecule has 108 valence electrons. The minimum atomic E-state index is -0.0313. The van der Waals surface area contributed by atoms with Crippen LogP contribution in [0.1, 0.15) is 16.0 Å². The van der Waals surface area contributed by atoms with Crippen molar-refractivity contribution in [3.8, 4) is 17.9 Å². The number of nitrogen functional groups attached to an aromatic ring is 1. The van der Waals surface area contributed by atoms with Gasteiger partial charge in [-0.15, -0.1) is 5.10 Å². The normalized spacial score (nSPS) is 11.1. The van der Waals surface area contributed by atoms with Crippen LogP contribution in [0.5, 0.6) is 5.75 Å². The Bertz CT molecular complexity index is 855. The van der Waals surface area contributed by atoms with Crippen LogP contribution in [-0.2, 0) is 0 Å². The molecule has 2 rings (SSSR count). The molecule has 2 aromatic rings. The first-order chi connectivity index (χ1) is 10.7. The molecule has 0 saturated heterocycles. The maximum Gasteiger partial charge on any atom is 0.233 e. The van der Waals surface area contributed by atoms with E-state index in [1.807, 2.05) is 24.3 Å². The molecule has 0 fully saturated rings. The van der Waals surface area contributed by atoms with Gasteiger partial charge >= 0.3 is 0 Å². The summed E-state index contributed by atoms with van der Waals surface area (Å²) >= 11 is 0.954. The Labute approximate surface area is 130 Å². The van der Waals surface area contributed by atoms with Gasteiger partial charge < -0.3 is 10.5 Å². The van der Waals surface area contributed by atoms with Crippen molar-refractivity contribution in [1.29, 1.82) is 10.5 Å². The predicted octanol–water partition coefficient (Wildman–Crippen LogP) is 1.41. The Morgan fingerprint density at radius 2 is 2.00 bits per heavy atom. The van der Waals surface area contributed by atoms with Crippen LogP contribution in [0, 0.1) is 22.7 Å². The number of rotatable bonds is 3. The molecule has 1 heterocycles. The zero-order valence-corrected chi connectivity index (χ0v) is 12.3. The summed E-state index contributed by atoms with van der Waals surface area (Å²) in [5.41, 5.74) is 6.51. The molecule has 0 radical (unpaired) electrons. The molecule has 0 saturated carbocycles. The largest absolute Gasteiger partial charge is 0.497 e. The third kappa shape index (κ3) is 3.45. The highest BCUT2D eigenvalue weighted by Gasteiger charge is 2.08. The lowest BCUT2D eigenvalue weighted by Crippen LogP contribution is -2.09. The minimum absolute atomic E-state index is 0.0313. The van der Waals surface area contributed by atoms with Crippen LogP contribution < -0.4 is 15.3 Å². The fourth-order valence-corrected chi connectivity index (χ4v) is 2.22. The number of methoxy groups -OCH3 is 1. The van der Waals surface area contributed by atoms with Gasteiger partial charge in [-0.1, -0.05) is 11.3 Å². The number of nitrogens with two attached hydrogens (primary N) is 1. The van der Waals surface area contributed by atoms with Gasteiger partial charge in [0, 0.05) is 0 Å². The molecule has 0 aliphatic rings. The van der Waals surface area contributed by atoms with Crippen molar-refractivity contribution in [3.05, 3.63) is 45.1 Å². The summed E-state index contributed by atoms with van der Waals surface area (Å²) in [6, 6.07) is 11.0. The Hall–Kier alpha value is -3.23. The maximum atomic E-state index is 8.99. The van der Waals surface area contributed by atoms with E-state index in [1.165, 1.54) is 6.21 Å². The van der Waals surface area contributed by atoms with Gasteiger partial charge in [0.1, 0.15) is 34.1 Å². The summed E-state index contributed by atoms with van der Waals surface area (Å²) in [4.78, 5) is 4.30. The lowest BCUT2D eigenvalue weighted by molar-refractivity contribution is 0.415. The highest BCUT2D eigenvalue weighted by molar-refractivity contribution is 7.09. The lowest BCUT2D eigenvalue weighted by atomic mass is 10.2. The van der Waals surface area contributed by atoms with E-state index in [1.54, 1.807) is 19.2 Å². The maximum absolute atomic E-state index is 8.99. The Morgan fingerprint density at radius 1 is 1.27 bits per heavy atom. The fraction of sp³-hybridized carbons (Fsp3) is 0.0714. The molecule has 0 aliphatic heterocycles. The second kappa shape index (κ2) is 6.97. The monoisotopic (exact) mass is 310 g/mol. The smallest absolute Gasteiger partial charge is 0.233 e. The standard InChI is InChI=1S/C14H10N6OS/c1-21-10-4-2-9(3-5-10)8-18-20-14-19-13(17)11(6-15)12(7-16)22-14/h2-5,8H,1H3,(H2,17,19,20)/b18-8+. The molecule has 0 atom stereocenters. The van der Waals surface area contributed by atoms with E-state index in [9.17, 15) is 0 Å². The van der Waals surface area contributed by atoms with E-state index in [0.29, 0.717) is 0 Å². The lowest BCUT2D eigenvalue weighted by Gasteiger charge is -1.98. The average molecular weight is 310 g/mol. The van der Waals surface area contributed by atoms with Crippen molar-refractivity contribution in [2.24, 2.45) is 10.2 Å². The minimum Gasteiger partial charge on any atom is -0.497 e. The van der Waals surface area contributed by atoms with Gasteiger partial charge in [-0.05, 0) is 29.8 Å². The van der Waals surface area contributed by atoms with Gasteiger partial charge in [0.2, 0.25) is 4.80 Å². The summed E-state index contributed by atoms with van der Waals surface area (Å²) in [5, 5.41) is 25.7. The predicted molar refractivity (Wildman–Crippen MR) is 82.1 cm³/mol. The molecule has 22 heavy (non-hydrogen) atoms. The number of benzene rings is 1. The van der Waals surface area contributed by atoms with E-state index in [2.05, 4.69) is 15.2 Å². The molecular weight excluding hydrogens is 300 g/mol. The summed E-state index contributed by atoms with van der Waals surface area (Å²) in [5.74, 6) is 0.715. The molecule has 1 aromatic carbocycles. The van der Waals surface area contributed by atoms with Crippen molar-refractivity contribution in [3.63, 3.8) is 0 Å². The van der Waals surface area contributed by atoms with Gasteiger partial charge in [0.15, 0.2) is 0 Å². The van der Waals surface area contributed by atoms with Crippen LogP contribution in [0.4, 0.5) is 5.82 Å². The first-order valence-electron chi connectivity index (χ1n) is 6.00. The SMILES string of the molecule is COc1ccc(/C=N/N=c2/nc(N)c(C#N)c(C#N)s2)cc1. The first kappa shape index (κ1) is 15.2. The molecule has 0 bridgehead atoms. The number of aromatic nitrogens is 1. The van der Waals surface area contributed by atoms with Gasteiger partial charge in [0.05, 0.1) is 13.3 Å². The van der Waals surface area contributed by atoms with Gasteiger partial charge in [0.25, 0.3) is 0 Å². The number of nitrogens with zero attached hydrogens (tertiary/aromatic N) is 5. The van der Waals surface area contributed by atoms with Crippen molar-refractivity contribution < 1.29 is 4.74 Å². The van der Waals surface area contributed by atoms with Crippen LogP contribution in [0.3, 0.4) is 0 Å². The Morgan fingerprint density at radius 3 is 2.59 bits per heavy atom. The number of hydrogen-bond donors (Lipinski definition) is 1. The highest BCUT2D eigenvalue weighted by Crippen LogP contribution is 2.13. The number of nitriles is 2. The summed E-state index contributed by atoms with van der Waals surface area (Å²) in [6.45, 7) is 0. The van der Waals surface area contributed by atoms with Crippen LogP contribution >= 0.6 is 11.3 Å². The van der Waals surface area contributed by atoms with Gasteiger partial charge in [-0.2, -0.15) is 20.6 Å². The average Bonchev–Trinajstić information content (AvgIpc) is 2.55. The van der Waals surface area contributed by atoms with Crippen molar-refractivity contribution in [2.45, 2.75) is 0 Å². The summed E-state index contributed by atoms with van der Waals surface area (Å²) in [6.07, 6.45) is 1.54. The summed E-state index contributed by atoms with van der Waals surface area (Å²) in [7, 11) is 1.59. The number of hydrogen-bond acceptors (Lipinski definition) is 8. The van der Waals surface area contributed by atoms with Crippen LogP contribution in [0.25, 0.3) is 0 Å². The number of ether oxygens (including phenoxy) is 1. The zero-order valence-electron chi connectivity index (χ0n) is 11.5. The molecule has 0 unspecified atom stereocenters. The topological polar surface area (TPSA) is 120 Å². The second-order valence-electron chi connectivity index (χ2n) is 3.93. The molecule has 0 aliphatic carbocycles. The Balaban J connectivity index is 2.30. The summed E-state index contributed by atoms with van der Waals surface area (Å²) < 4.78 is 5.06. The Kier molecular flexibility index (Phi) is 4.81. The van der Waals surface area contributed by atoms with Crippen LogP contribution in [0.15, 0.2) is 34.5 Å². The van der Waals surface area contributed by atoms with Crippen LogP contribution in [0.2, 0.25) is 0 Å². The molecule has 7 nitrogen and oxygen atoms in total. The van der Waals surface area contributed by atoms with Crippen LogP contribution in [-0.4, -0.2) is 18.3 Å². The second-order valence-corrected chi connectivity index (χ2v) is 4.90. The first-order valence-corrected chi connectivity index (χ1v) is 6.81. The van der Waals surface area contributed by atoms with Gasteiger partial charge in [-0.3, -0.25) is 0 Å². The fourth-order valence-electron chi connectivity index (χ4n) is 1.50. The van der Waals surface area contributed by atoms with Gasteiger partial charge in [-0.25, -0.2) is 0 Å². The van der Waals surface area contributed by atoms with E-state index in [-0.39, 0.29) is 21.1 Å². The quantitative estimate of drug-likeness (QED) is 0.678. The number of anilines is 1. The molecule has 1 aromatic heterocycles. The molecule has 8 heteroatoms. The zero-order chi connectivity index (χ0) is 15.9.